The number of esters is 2. The number of carbonyl (C=O) groups is 6. The van der Waals surface area contributed by atoms with E-state index in [1.54, 1.807) is 13.8 Å². The highest BCUT2D eigenvalue weighted by atomic mass is 35.5. The molecule has 3 N–H and O–H groups in total. The molecule has 2 aliphatic rings. The van der Waals surface area contributed by atoms with Gasteiger partial charge in [-0.15, -0.1) is 12.4 Å². The first-order valence-electron chi connectivity index (χ1n) is 14.9. The van der Waals surface area contributed by atoms with Crippen LogP contribution < -0.4 is 5.73 Å². The van der Waals surface area contributed by atoms with Crippen molar-refractivity contribution in [3.8, 4) is 0 Å². The predicted molar refractivity (Wildman–Crippen MR) is 175 cm³/mol. The molecule has 0 saturated carbocycles. The largest absolute Gasteiger partial charge is 0.481 e. The number of nitrogens with two attached hydrogens (primary N) is 1. The molecule has 15 heteroatoms. The number of carboxylic acids is 1. The highest BCUT2D eigenvalue weighted by Gasteiger charge is 2.38. The molecule has 0 aromatic heterocycles. The van der Waals surface area contributed by atoms with Crippen molar-refractivity contribution in [3.05, 3.63) is 71.8 Å². The number of amides is 2. The minimum Gasteiger partial charge on any atom is -0.481 e. The second-order valence-corrected chi connectivity index (χ2v) is 11.0. The summed E-state index contributed by atoms with van der Waals surface area (Å²) in [7, 11) is 2.61. The Morgan fingerprint density at radius 2 is 1.12 bits per heavy atom. The lowest BCUT2D eigenvalue weighted by Gasteiger charge is -2.37. The van der Waals surface area contributed by atoms with Crippen molar-refractivity contribution in [3.63, 3.8) is 0 Å². The predicted octanol–water partition coefficient (Wildman–Crippen LogP) is 3.29. The topological polar surface area (TPSA) is 192 Å². The molecule has 2 saturated heterocycles. The summed E-state index contributed by atoms with van der Waals surface area (Å²) < 4.78 is 19.1. The van der Waals surface area contributed by atoms with E-state index in [1.165, 1.54) is 24.0 Å². The number of likely N-dealkylation sites (tertiary alicyclic amines) is 2. The van der Waals surface area contributed by atoms with Gasteiger partial charge in [-0.3, -0.25) is 19.2 Å². The molecule has 2 aromatic rings. The standard InChI is InChI=1S/C17H21NO5.C12H13NO4.C4H9NO2.ClH/c1-12(16(20)22-2)8-15(19)14-9-18(10-14)17(21)23-11-13-6-4-3-5-7-13;14-11(15)10-6-13(7-10)12(16)17-8-9-4-2-1-3-5-9;1-3(5)4(6)7-2;/h3-7,12,14H,8-11H2,1-2H3;1-5,10H,6-8H2,(H,14,15);3H,5H2,1-2H3;1H. The number of ketones is 1. The molecule has 2 heterocycles. The Hall–Kier alpha value is -4.69. The summed E-state index contributed by atoms with van der Waals surface area (Å²) in [6.07, 6.45) is -0.727. The van der Waals surface area contributed by atoms with Gasteiger partial charge in [-0.2, -0.15) is 0 Å². The zero-order chi connectivity index (χ0) is 34.9. The van der Waals surface area contributed by atoms with Gasteiger partial charge >= 0.3 is 30.1 Å². The normalized spacial score (nSPS) is 14.7. The van der Waals surface area contributed by atoms with Crippen molar-refractivity contribution in [1.29, 1.82) is 0 Å². The molecule has 0 spiro atoms. The molecule has 2 aliphatic heterocycles. The van der Waals surface area contributed by atoms with Gasteiger partial charge in [-0.25, -0.2) is 9.59 Å². The maximum Gasteiger partial charge on any atom is 0.410 e. The van der Waals surface area contributed by atoms with Crippen LogP contribution in [0, 0.1) is 17.8 Å². The number of methoxy groups -OCH3 is 2. The number of hydrogen-bond acceptors (Lipinski definition) is 11. The third kappa shape index (κ3) is 14.0. The minimum absolute atomic E-state index is 0. The van der Waals surface area contributed by atoms with E-state index >= 15 is 0 Å². The molecular formula is C33H44ClN3O11. The number of nitrogens with zero attached hydrogens (tertiary/aromatic N) is 2. The number of hydrogen-bond donors (Lipinski definition) is 2. The van der Waals surface area contributed by atoms with Gasteiger partial charge in [0.25, 0.3) is 0 Å². The quantitative estimate of drug-likeness (QED) is 0.273. The zero-order valence-electron chi connectivity index (χ0n) is 27.4. The number of carbonyl (C=O) groups excluding carboxylic acids is 5. The van der Waals surface area contributed by atoms with Crippen molar-refractivity contribution in [2.45, 2.75) is 39.5 Å². The van der Waals surface area contributed by atoms with Crippen LogP contribution in [-0.2, 0) is 51.3 Å². The minimum atomic E-state index is -0.864. The Kier molecular flexibility index (Phi) is 18.3. The Balaban J connectivity index is 0.000000405. The first-order valence-corrected chi connectivity index (χ1v) is 14.9. The van der Waals surface area contributed by atoms with Crippen molar-refractivity contribution in [2.75, 3.05) is 40.4 Å². The summed E-state index contributed by atoms with van der Waals surface area (Å²) in [5.41, 5.74) is 6.90. The Morgan fingerprint density at radius 3 is 1.46 bits per heavy atom. The van der Waals surface area contributed by atoms with E-state index in [-0.39, 0.29) is 62.8 Å². The average Bonchev–Trinajstić information content (AvgIpc) is 3.01. The van der Waals surface area contributed by atoms with Crippen molar-refractivity contribution in [1.82, 2.24) is 9.80 Å². The molecule has 0 radical (unpaired) electrons. The molecule has 48 heavy (non-hydrogen) atoms. The van der Waals surface area contributed by atoms with Gasteiger partial charge < -0.3 is 39.6 Å². The van der Waals surface area contributed by atoms with Crippen LogP contribution in [0.5, 0.6) is 0 Å². The summed E-state index contributed by atoms with van der Waals surface area (Å²) in [4.78, 5) is 70.3. The molecule has 2 unspecified atom stereocenters. The maximum atomic E-state index is 12.0. The second-order valence-electron chi connectivity index (χ2n) is 11.0. The SMILES string of the molecule is COC(=O)C(C)CC(=O)C1CN(C(=O)OCc2ccccc2)C1.COC(=O)C(C)N.Cl.O=C(O)C1CN(C(=O)OCc2ccccc2)C1. The van der Waals surface area contributed by atoms with Gasteiger partial charge in [0.15, 0.2) is 0 Å². The Bertz CT molecular complexity index is 1330. The first-order chi connectivity index (χ1) is 22.4. The van der Waals surface area contributed by atoms with E-state index in [0.29, 0.717) is 13.1 Å². The molecule has 0 bridgehead atoms. The molecular weight excluding hydrogens is 650 g/mol. The molecule has 0 aliphatic carbocycles. The van der Waals surface area contributed by atoms with Crippen LogP contribution in [0.4, 0.5) is 9.59 Å². The summed E-state index contributed by atoms with van der Waals surface area (Å²) in [6, 6.07) is 18.3. The monoisotopic (exact) mass is 693 g/mol. The molecule has 2 amide bonds. The van der Waals surface area contributed by atoms with Gasteiger partial charge in [-0.05, 0) is 18.1 Å². The van der Waals surface area contributed by atoms with Crippen LogP contribution in [0.25, 0.3) is 0 Å². The summed E-state index contributed by atoms with van der Waals surface area (Å²) >= 11 is 0. The van der Waals surface area contributed by atoms with Crippen LogP contribution in [0.2, 0.25) is 0 Å². The average molecular weight is 694 g/mol. The Morgan fingerprint density at radius 1 is 0.729 bits per heavy atom. The summed E-state index contributed by atoms with van der Waals surface area (Å²) in [6.45, 7) is 4.84. The van der Waals surface area contributed by atoms with E-state index < -0.39 is 42.0 Å². The number of halogens is 1. The van der Waals surface area contributed by atoms with Crippen molar-refractivity contribution in [2.24, 2.45) is 23.5 Å². The third-order valence-electron chi connectivity index (χ3n) is 7.18. The van der Waals surface area contributed by atoms with Gasteiger partial charge in [0, 0.05) is 32.6 Å². The Labute approximate surface area is 285 Å². The van der Waals surface area contributed by atoms with Crippen LogP contribution in [-0.4, -0.2) is 97.2 Å². The fourth-order valence-corrected chi connectivity index (χ4v) is 4.18. The highest BCUT2D eigenvalue weighted by molar-refractivity contribution is 5.88. The van der Waals surface area contributed by atoms with Gasteiger partial charge in [0.05, 0.1) is 32.0 Å². The van der Waals surface area contributed by atoms with Crippen molar-refractivity contribution < 1.29 is 52.8 Å². The van der Waals surface area contributed by atoms with Crippen LogP contribution in [0.3, 0.4) is 0 Å². The maximum absolute atomic E-state index is 12.0. The second kappa shape index (κ2) is 21.2. The molecule has 2 aromatic carbocycles. The van der Waals surface area contributed by atoms with E-state index in [4.69, 9.17) is 20.3 Å². The number of benzene rings is 2. The summed E-state index contributed by atoms with van der Waals surface area (Å²) in [5.74, 6) is -2.76. The van der Waals surface area contributed by atoms with E-state index in [2.05, 4.69) is 9.47 Å². The highest BCUT2D eigenvalue weighted by Crippen LogP contribution is 2.22. The number of aliphatic carboxylic acids is 1. The molecule has 4 rings (SSSR count). The van der Waals surface area contributed by atoms with Crippen LogP contribution in [0.15, 0.2) is 60.7 Å². The van der Waals surface area contributed by atoms with Gasteiger partial charge in [0.1, 0.15) is 25.0 Å². The lowest BCUT2D eigenvalue weighted by molar-refractivity contribution is -0.147. The lowest BCUT2D eigenvalue weighted by atomic mass is 9.90. The number of rotatable bonds is 10. The van der Waals surface area contributed by atoms with E-state index in [0.717, 1.165) is 11.1 Å². The van der Waals surface area contributed by atoms with Gasteiger partial charge in [0.2, 0.25) is 0 Å². The van der Waals surface area contributed by atoms with Crippen LogP contribution >= 0.6 is 12.4 Å². The summed E-state index contributed by atoms with van der Waals surface area (Å²) in [5, 5.41) is 8.66. The van der Waals surface area contributed by atoms with Gasteiger partial charge in [-0.1, -0.05) is 67.6 Å². The fraction of sp³-hybridized carbons (Fsp3) is 0.455. The number of ether oxygens (including phenoxy) is 4. The number of carboxylic acid groups (broad SMARTS) is 1. The van der Waals surface area contributed by atoms with Crippen molar-refractivity contribution >= 4 is 48.3 Å². The third-order valence-corrected chi connectivity index (χ3v) is 7.18. The van der Waals surface area contributed by atoms with E-state index in [1.807, 2.05) is 60.7 Å². The molecule has 2 fully saturated rings. The molecule has 2 atom stereocenters. The molecule has 14 nitrogen and oxygen atoms in total. The smallest absolute Gasteiger partial charge is 0.410 e. The van der Waals surface area contributed by atoms with Crippen LogP contribution in [0.1, 0.15) is 31.4 Å². The first kappa shape index (κ1) is 41.3. The zero-order valence-corrected chi connectivity index (χ0v) is 28.3. The van der Waals surface area contributed by atoms with E-state index in [9.17, 15) is 28.8 Å². The molecule has 264 valence electrons. The fourth-order valence-electron chi connectivity index (χ4n) is 4.18. The number of Topliss-reactive ketones (excluding diaryl/α,β-unsaturated/α-hetero) is 1. The lowest BCUT2D eigenvalue weighted by Crippen LogP contribution is -2.53.